The molecule has 0 fully saturated rings. The Morgan fingerprint density at radius 2 is 1.85 bits per heavy atom. The molecule has 0 saturated carbocycles. The van der Waals surface area contributed by atoms with E-state index in [4.69, 9.17) is 4.74 Å². The first-order valence-electron chi connectivity index (χ1n) is 10.3. The highest BCUT2D eigenvalue weighted by atomic mass is 32.1. The second-order valence-corrected chi connectivity index (χ2v) is 8.24. The molecule has 2 aromatic carbocycles. The standard InChI is InChI=1S/C24H22N6O3S/c1-29(16-22(31)25-18-10-12-19(33-2)13-11-18)24(32)21(15-20-9-6-14-34-20)30-23(26-27-28-30)17-7-4-3-5-8-17/h3-15H,16H2,1-2H3,(H,25,31). The van der Waals surface area contributed by atoms with Crippen molar-refractivity contribution >= 4 is 40.6 Å². The second kappa shape index (κ2) is 10.5. The van der Waals surface area contributed by atoms with Crippen LogP contribution in [0.4, 0.5) is 5.69 Å². The number of carbonyl (C=O) groups excluding carboxylic acids is 2. The first kappa shape index (κ1) is 22.9. The SMILES string of the molecule is COc1ccc(NC(=O)CN(C)C(=O)C(=Cc2cccs2)n2nnnc2-c2ccccc2)cc1. The van der Waals surface area contributed by atoms with E-state index in [1.165, 1.54) is 20.9 Å². The number of rotatable bonds is 8. The molecule has 0 bridgehead atoms. The monoisotopic (exact) mass is 474 g/mol. The lowest BCUT2D eigenvalue weighted by Crippen LogP contribution is -2.36. The van der Waals surface area contributed by atoms with Crippen LogP contribution in [-0.4, -0.2) is 57.6 Å². The Labute approximate surface area is 200 Å². The number of benzene rings is 2. The molecule has 4 rings (SSSR count). The summed E-state index contributed by atoms with van der Waals surface area (Å²) in [5.74, 6) is 0.372. The number of thiophene rings is 1. The highest BCUT2D eigenvalue weighted by Crippen LogP contribution is 2.23. The Morgan fingerprint density at radius 3 is 2.53 bits per heavy atom. The first-order chi connectivity index (χ1) is 16.5. The van der Waals surface area contributed by atoms with E-state index in [-0.39, 0.29) is 18.1 Å². The summed E-state index contributed by atoms with van der Waals surface area (Å²) in [6.45, 7) is -0.157. The maximum Gasteiger partial charge on any atom is 0.272 e. The zero-order chi connectivity index (χ0) is 23.9. The quantitative estimate of drug-likeness (QED) is 0.392. The molecule has 34 heavy (non-hydrogen) atoms. The molecule has 0 spiro atoms. The Bertz CT molecular complexity index is 1280. The summed E-state index contributed by atoms with van der Waals surface area (Å²) in [6, 6.07) is 20.1. The number of methoxy groups -OCH3 is 1. The lowest BCUT2D eigenvalue weighted by atomic mass is 10.2. The summed E-state index contributed by atoms with van der Waals surface area (Å²) in [4.78, 5) is 28.3. The van der Waals surface area contributed by atoms with E-state index in [0.717, 1.165) is 10.4 Å². The molecule has 172 valence electrons. The highest BCUT2D eigenvalue weighted by Gasteiger charge is 2.23. The predicted octanol–water partition coefficient (Wildman–Crippen LogP) is 3.51. The van der Waals surface area contributed by atoms with Crippen molar-refractivity contribution in [2.24, 2.45) is 0 Å². The van der Waals surface area contributed by atoms with Crippen molar-refractivity contribution in [1.29, 1.82) is 0 Å². The van der Waals surface area contributed by atoms with E-state index >= 15 is 0 Å². The van der Waals surface area contributed by atoms with E-state index in [9.17, 15) is 9.59 Å². The number of carbonyl (C=O) groups is 2. The molecule has 0 atom stereocenters. The number of tetrazole rings is 1. The largest absolute Gasteiger partial charge is 0.497 e. The molecule has 0 saturated heterocycles. The maximum absolute atomic E-state index is 13.5. The summed E-state index contributed by atoms with van der Waals surface area (Å²) >= 11 is 1.48. The number of nitrogens with one attached hydrogen (secondary N) is 1. The number of nitrogens with zero attached hydrogens (tertiary/aromatic N) is 5. The van der Waals surface area contributed by atoms with Crippen molar-refractivity contribution in [3.63, 3.8) is 0 Å². The Balaban J connectivity index is 1.57. The van der Waals surface area contributed by atoms with Crippen LogP contribution in [0, 0.1) is 0 Å². The van der Waals surface area contributed by atoms with Crippen molar-refractivity contribution in [2.45, 2.75) is 0 Å². The number of aromatic nitrogens is 4. The van der Waals surface area contributed by atoms with Gasteiger partial charge >= 0.3 is 0 Å². The average Bonchev–Trinajstić information content (AvgIpc) is 3.55. The minimum atomic E-state index is -0.400. The second-order valence-electron chi connectivity index (χ2n) is 7.26. The number of hydrogen-bond donors (Lipinski definition) is 1. The van der Waals surface area contributed by atoms with Crippen molar-refractivity contribution in [3.8, 4) is 17.1 Å². The van der Waals surface area contributed by atoms with Gasteiger partial charge in [0.05, 0.1) is 13.7 Å². The van der Waals surface area contributed by atoms with E-state index in [1.807, 2.05) is 47.8 Å². The van der Waals surface area contributed by atoms with Crippen molar-refractivity contribution in [3.05, 3.63) is 77.0 Å². The molecule has 0 aliphatic carbocycles. The van der Waals surface area contributed by atoms with E-state index in [1.54, 1.807) is 44.5 Å². The van der Waals surface area contributed by atoms with Gasteiger partial charge in [0.2, 0.25) is 5.91 Å². The van der Waals surface area contributed by atoms with E-state index in [2.05, 4.69) is 20.8 Å². The molecular formula is C24H22N6O3S. The van der Waals surface area contributed by atoms with Gasteiger partial charge in [-0.15, -0.1) is 16.4 Å². The molecule has 0 radical (unpaired) electrons. The van der Waals surface area contributed by atoms with Crippen LogP contribution in [-0.2, 0) is 9.59 Å². The predicted molar refractivity (Wildman–Crippen MR) is 131 cm³/mol. The summed E-state index contributed by atoms with van der Waals surface area (Å²) in [5.41, 5.74) is 1.59. The Kier molecular flexibility index (Phi) is 7.09. The van der Waals surface area contributed by atoms with Gasteiger partial charge in [-0.1, -0.05) is 36.4 Å². The molecule has 2 heterocycles. The van der Waals surface area contributed by atoms with Gasteiger partial charge in [0.25, 0.3) is 5.91 Å². The molecule has 9 nitrogen and oxygen atoms in total. The summed E-state index contributed by atoms with van der Waals surface area (Å²) in [7, 11) is 3.13. The number of ether oxygens (including phenoxy) is 1. The fourth-order valence-corrected chi connectivity index (χ4v) is 3.85. The number of amides is 2. The van der Waals surface area contributed by atoms with Crippen LogP contribution < -0.4 is 10.1 Å². The van der Waals surface area contributed by atoms with Crippen molar-refractivity contribution < 1.29 is 14.3 Å². The first-order valence-corrected chi connectivity index (χ1v) is 11.2. The van der Waals surface area contributed by atoms with Crippen LogP contribution in [0.15, 0.2) is 72.1 Å². The van der Waals surface area contributed by atoms with Gasteiger partial charge in [-0.3, -0.25) is 9.59 Å². The summed E-state index contributed by atoms with van der Waals surface area (Å²) in [5, 5.41) is 16.7. The molecule has 1 N–H and O–H groups in total. The van der Waals surface area contributed by atoms with Crippen molar-refractivity contribution in [1.82, 2.24) is 25.1 Å². The average molecular weight is 475 g/mol. The van der Waals surface area contributed by atoms with Crippen LogP contribution in [0.2, 0.25) is 0 Å². The number of likely N-dealkylation sites (N-methyl/N-ethyl adjacent to an activating group) is 1. The highest BCUT2D eigenvalue weighted by molar-refractivity contribution is 7.10. The van der Waals surface area contributed by atoms with Crippen LogP contribution in [0.25, 0.3) is 23.2 Å². The van der Waals surface area contributed by atoms with Gasteiger partial charge in [0, 0.05) is 23.2 Å². The molecule has 0 aliphatic rings. The van der Waals surface area contributed by atoms with Gasteiger partial charge in [0.15, 0.2) is 5.82 Å². The molecular weight excluding hydrogens is 452 g/mol. The third kappa shape index (κ3) is 5.36. The number of anilines is 1. The lowest BCUT2D eigenvalue weighted by molar-refractivity contribution is -0.128. The molecule has 0 unspecified atom stereocenters. The third-order valence-electron chi connectivity index (χ3n) is 4.87. The maximum atomic E-state index is 13.5. The third-order valence-corrected chi connectivity index (χ3v) is 5.69. The van der Waals surface area contributed by atoms with E-state index in [0.29, 0.717) is 17.3 Å². The van der Waals surface area contributed by atoms with Crippen LogP contribution >= 0.6 is 11.3 Å². The van der Waals surface area contributed by atoms with Crippen LogP contribution in [0.5, 0.6) is 5.75 Å². The van der Waals surface area contributed by atoms with Crippen molar-refractivity contribution in [2.75, 3.05) is 26.0 Å². The summed E-state index contributed by atoms with van der Waals surface area (Å²) < 4.78 is 6.53. The minimum Gasteiger partial charge on any atom is -0.497 e. The van der Waals surface area contributed by atoms with Gasteiger partial charge in [0.1, 0.15) is 11.4 Å². The van der Waals surface area contributed by atoms with Gasteiger partial charge in [-0.2, -0.15) is 4.68 Å². The summed E-state index contributed by atoms with van der Waals surface area (Å²) in [6.07, 6.45) is 1.72. The van der Waals surface area contributed by atoms with Gasteiger partial charge < -0.3 is 15.0 Å². The van der Waals surface area contributed by atoms with Gasteiger partial charge in [-0.05, 0) is 52.2 Å². The Hall–Kier alpha value is -4.31. The molecule has 10 heteroatoms. The number of hydrogen-bond acceptors (Lipinski definition) is 7. The Morgan fingerprint density at radius 1 is 1.09 bits per heavy atom. The topological polar surface area (TPSA) is 102 Å². The normalized spacial score (nSPS) is 11.2. The minimum absolute atomic E-state index is 0.157. The van der Waals surface area contributed by atoms with E-state index < -0.39 is 5.91 Å². The van der Waals surface area contributed by atoms with Crippen LogP contribution in [0.1, 0.15) is 4.88 Å². The fourth-order valence-electron chi connectivity index (χ4n) is 3.20. The van der Waals surface area contributed by atoms with Gasteiger partial charge in [-0.25, -0.2) is 0 Å². The molecule has 2 amide bonds. The lowest BCUT2D eigenvalue weighted by Gasteiger charge is -2.19. The zero-order valence-electron chi connectivity index (χ0n) is 18.6. The smallest absolute Gasteiger partial charge is 0.272 e. The molecule has 4 aromatic rings. The fraction of sp³-hybridized carbons (Fsp3) is 0.125. The zero-order valence-corrected chi connectivity index (χ0v) is 19.4. The molecule has 2 aromatic heterocycles. The molecule has 0 aliphatic heterocycles. The van der Waals surface area contributed by atoms with Crippen LogP contribution in [0.3, 0.4) is 0 Å².